The van der Waals surface area contributed by atoms with E-state index < -0.39 is 32.8 Å². The summed E-state index contributed by atoms with van der Waals surface area (Å²) in [4.78, 5) is 27.8. The molecule has 12 heteroatoms. The van der Waals surface area contributed by atoms with E-state index in [0.29, 0.717) is 28.2 Å². The molecule has 0 aliphatic carbocycles. The molecule has 0 saturated carbocycles. The molecule has 1 aromatic heterocycles. The second-order valence-corrected chi connectivity index (χ2v) is 10.2. The third-order valence-corrected chi connectivity index (χ3v) is 6.79. The summed E-state index contributed by atoms with van der Waals surface area (Å²) >= 11 is 0. The van der Waals surface area contributed by atoms with Crippen LogP contribution in [0.5, 0.6) is 0 Å². The Morgan fingerprint density at radius 2 is 1.78 bits per heavy atom. The van der Waals surface area contributed by atoms with Crippen LogP contribution in [0.2, 0.25) is 0 Å². The zero-order valence-corrected chi connectivity index (χ0v) is 20.7. The highest BCUT2D eigenvalue weighted by Gasteiger charge is 2.24. The Hall–Kier alpha value is -3.93. The van der Waals surface area contributed by atoms with Gasteiger partial charge in [-0.25, -0.2) is 12.8 Å². The maximum atomic E-state index is 13.6. The van der Waals surface area contributed by atoms with Gasteiger partial charge in [0.05, 0.1) is 22.7 Å². The van der Waals surface area contributed by atoms with E-state index in [1.807, 2.05) is 0 Å². The normalized spacial score (nSPS) is 12.2. The molecule has 0 radical (unpaired) electrons. The molecule has 0 spiro atoms. The second kappa shape index (κ2) is 10.8. The number of halogens is 1. The molecule has 0 aliphatic heterocycles. The maximum absolute atomic E-state index is 13.6. The minimum atomic E-state index is -3.41. The van der Waals surface area contributed by atoms with Crippen LogP contribution in [0.1, 0.15) is 24.6 Å². The van der Waals surface area contributed by atoms with Gasteiger partial charge in [0.15, 0.2) is 9.84 Å². The minimum absolute atomic E-state index is 0.132. The molecule has 0 amide bonds. The van der Waals surface area contributed by atoms with Crippen LogP contribution in [-0.4, -0.2) is 43.0 Å². The summed E-state index contributed by atoms with van der Waals surface area (Å²) in [5.74, 6) is -1.09. The Bertz CT molecular complexity index is 1370. The molecule has 3 rings (SSSR count). The first kappa shape index (κ1) is 26.7. The summed E-state index contributed by atoms with van der Waals surface area (Å²) in [7, 11) is -3.41. The summed E-state index contributed by atoms with van der Waals surface area (Å²) < 4.78 is 44.3. The molecule has 0 aliphatic rings. The molecule has 1 unspecified atom stereocenters. The van der Waals surface area contributed by atoms with E-state index in [-0.39, 0.29) is 30.0 Å². The van der Waals surface area contributed by atoms with Gasteiger partial charge >= 0.3 is 5.97 Å². The Morgan fingerprint density at radius 1 is 1.17 bits per heavy atom. The van der Waals surface area contributed by atoms with Crippen molar-refractivity contribution in [2.75, 3.05) is 18.6 Å². The average molecular weight is 520 g/mol. The number of carbonyl (C=O) groups is 1. The van der Waals surface area contributed by atoms with Crippen molar-refractivity contribution in [1.82, 2.24) is 4.57 Å². The minimum Gasteiger partial charge on any atom is -0.463 e. The summed E-state index contributed by atoms with van der Waals surface area (Å²) in [6.07, 6.45) is 0.250. The molecule has 10 nitrogen and oxygen atoms in total. The molecule has 1 heterocycles. The highest BCUT2D eigenvalue weighted by atomic mass is 32.2. The summed E-state index contributed by atoms with van der Waals surface area (Å²) in [5, 5.41) is 9.63. The largest absolute Gasteiger partial charge is 0.463 e. The van der Waals surface area contributed by atoms with Crippen LogP contribution < -0.4 is 5.73 Å². The van der Waals surface area contributed by atoms with E-state index in [4.69, 9.17) is 10.5 Å². The number of nitrogen functional groups attached to an aromatic ring is 1. The van der Waals surface area contributed by atoms with Gasteiger partial charge in [-0.15, -0.1) is 10.1 Å². The topological polar surface area (TPSA) is 144 Å². The van der Waals surface area contributed by atoms with Crippen molar-refractivity contribution in [1.29, 1.82) is 0 Å². The fraction of sp³-hybridized carbons (Fsp3) is 0.292. The van der Waals surface area contributed by atoms with Gasteiger partial charge in [-0.3, -0.25) is 4.79 Å². The first-order valence-corrected chi connectivity index (χ1v) is 12.8. The van der Waals surface area contributed by atoms with Crippen LogP contribution in [0.15, 0.2) is 53.4 Å². The van der Waals surface area contributed by atoms with Crippen LogP contribution in [0.25, 0.3) is 16.9 Å². The lowest BCUT2D eigenvalue weighted by atomic mass is 10.1. The number of esters is 1. The Morgan fingerprint density at radius 3 is 2.31 bits per heavy atom. The van der Waals surface area contributed by atoms with Gasteiger partial charge in [0, 0.05) is 28.8 Å². The van der Waals surface area contributed by atoms with Gasteiger partial charge in [0.2, 0.25) is 0 Å². The van der Waals surface area contributed by atoms with Gasteiger partial charge in [0.1, 0.15) is 18.5 Å². The number of carbonyl (C=O) groups excluding carboxylic acids is 1. The predicted octanol–water partition coefficient (Wildman–Crippen LogP) is 3.65. The first-order chi connectivity index (χ1) is 16.9. The van der Waals surface area contributed by atoms with Crippen LogP contribution in [0, 0.1) is 22.9 Å². The average Bonchev–Trinajstić information content (AvgIpc) is 3.06. The monoisotopic (exact) mass is 519 g/mol. The van der Waals surface area contributed by atoms with E-state index in [1.165, 1.54) is 24.3 Å². The predicted molar refractivity (Wildman–Crippen MR) is 130 cm³/mol. The van der Waals surface area contributed by atoms with Gasteiger partial charge < -0.3 is 19.9 Å². The lowest BCUT2D eigenvalue weighted by Gasteiger charge is -2.13. The molecule has 2 N–H and O–H groups in total. The van der Waals surface area contributed by atoms with E-state index in [1.54, 1.807) is 42.7 Å². The fourth-order valence-electron chi connectivity index (χ4n) is 3.77. The van der Waals surface area contributed by atoms with Crippen molar-refractivity contribution in [3.8, 4) is 16.9 Å². The van der Waals surface area contributed by atoms with Crippen molar-refractivity contribution in [2.24, 2.45) is 0 Å². The number of anilines is 1. The number of ether oxygens (including phenoxy) is 1. The number of benzene rings is 2. The molecule has 0 saturated heterocycles. The number of rotatable bonds is 10. The van der Waals surface area contributed by atoms with Crippen LogP contribution >= 0.6 is 0 Å². The number of hydrogen-bond acceptors (Lipinski definition) is 8. The smallest absolute Gasteiger partial charge is 0.310 e. The molecule has 3 aromatic rings. The lowest BCUT2D eigenvalue weighted by Crippen LogP contribution is -2.24. The third-order valence-electron chi connectivity index (χ3n) is 5.66. The van der Waals surface area contributed by atoms with E-state index in [0.717, 1.165) is 6.26 Å². The number of nitrogens with two attached hydrogens (primary N) is 1. The standard InChI is InChI=1S/C24H26FN3O7S/c1-4-19(35-28(30)31)14-34-22(29)13-21-15(2)27(18-9-7-17(25)8-10-18)24(23(21)26)16-5-11-20(12-6-16)36(3,32)33/h5-12,19H,4,13-14,26H2,1-3H3. The van der Waals surface area contributed by atoms with Crippen LogP contribution in [0.3, 0.4) is 0 Å². The molecular formula is C24H26FN3O7S. The highest BCUT2D eigenvalue weighted by molar-refractivity contribution is 7.90. The molecular weight excluding hydrogens is 493 g/mol. The quantitative estimate of drug-likeness (QED) is 0.243. The summed E-state index contributed by atoms with van der Waals surface area (Å²) in [5.41, 5.74) is 9.44. The van der Waals surface area contributed by atoms with Gasteiger partial charge in [-0.2, -0.15) is 0 Å². The van der Waals surface area contributed by atoms with Crippen LogP contribution in [0.4, 0.5) is 10.1 Å². The highest BCUT2D eigenvalue weighted by Crippen LogP contribution is 2.37. The zero-order chi connectivity index (χ0) is 26.6. The lowest BCUT2D eigenvalue weighted by molar-refractivity contribution is -0.769. The number of aromatic nitrogens is 1. The Kier molecular flexibility index (Phi) is 7.98. The summed E-state index contributed by atoms with van der Waals surface area (Å²) in [6.45, 7) is 3.10. The molecule has 0 fully saturated rings. The molecule has 0 bridgehead atoms. The van der Waals surface area contributed by atoms with Crippen molar-refractivity contribution in [3.05, 3.63) is 75.7 Å². The van der Waals surface area contributed by atoms with Gasteiger partial charge in [-0.05, 0) is 49.7 Å². The summed E-state index contributed by atoms with van der Waals surface area (Å²) in [6, 6.07) is 11.8. The zero-order valence-electron chi connectivity index (χ0n) is 19.9. The van der Waals surface area contributed by atoms with Gasteiger partial charge in [0.25, 0.3) is 5.09 Å². The molecule has 2 aromatic carbocycles. The third kappa shape index (κ3) is 6.00. The number of sulfone groups is 1. The Labute approximate surface area is 207 Å². The molecule has 192 valence electrons. The molecule has 1 atom stereocenters. The number of nitrogens with zero attached hydrogens (tertiary/aromatic N) is 2. The number of hydrogen-bond donors (Lipinski definition) is 1. The Balaban J connectivity index is 2.01. The van der Waals surface area contributed by atoms with Crippen molar-refractivity contribution >= 4 is 21.5 Å². The van der Waals surface area contributed by atoms with Gasteiger partial charge in [-0.1, -0.05) is 19.1 Å². The molecule has 36 heavy (non-hydrogen) atoms. The van der Waals surface area contributed by atoms with Crippen molar-refractivity contribution in [3.63, 3.8) is 0 Å². The van der Waals surface area contributed by atoms with E-state index >= 15 is 0 Å². The van der Waals surface area contributed by atoms with E-state index in [2.05, 4.69) is 4.84 Å². The first-order valence-electron chi connectivity index (χ1n) is 10.9. The van der Waals surface area contributed by atoms with E-state index in [9.17, 15) is 27.7 Å². The SMILES string of the molecule is CCC(COC(=O)Cc1c(N)c(-c2ccc(S(C)(=O)=O)cc2)n(-c2ccc(F)cc2)c1C)O[N+](=O)[O-]. The van der Waals surface area contributed by atoms with Crippen LogP contribution in [-0.2, 0) is 30.6 Å². The fourth-order valence-corrected chi connectivity index (χ4v) is 4.40. The second-order valence-electron chi connectivity index (χ2n) is 8.15. The maximum Gasteiger partial charge on any atom is 0.310 e. The van der Waals surface area contributed by atoms with Crippen molar-refractivity contribution < 1.29 is 32.3 Å². The van der Waals surface area contributed by atoms with Crippen molar-refractivity contribution in [2.45, 2.75) is 37.7 Å².